The van der Waals surface area contributed by atoms with E-state index in [0.29, 0.717) is 0 Å². The van der Waals surface area contributed by atoms with Crippen LogP contribution in [0.3, 0.4) is 0 Å². The van der Waals surface area contributed by atoms with E-state index in [1.165, 1.54) is 19.1 Å². The summed E-state index contributed by atoms with van der Waals surface area (Å²) in [6.07, 6.45) is 2.75. The van der Waals surface area contributed by atoms with Gasteiger partial charge in [-0.1, -0.05) is 30.3 Å². The molecule has 0 fully saturated rings. The fourth-order valence-corrected chi connectivity index (χ4v) is 1.87. The predicted molar refractivity (Wildman–Crippen MR) is 83.9 cm³/mol. The zero-order valence-corrected chi connectivity index (χ0v) is 13.4. The third-order valence-corrected chi connectivity index (χ3v) is 2.89. The third kappa shape index (κ3) is 5.17. The number of carbonyl (C=O) groups excluding carboxylic acids is 2. The van der Waals surface area contributed by atoms with E-state index < -0.39 is 17.0 Å². The van der Waals surface area contributed by atoms with Crippen LogP contribution in [0.5, 0.6) is 0 Å². The minimum atomic E-state index is -1.51. The zero-order valence-electron chi connectivity index (χ0n) is 13.4. The molecule has 0 aromatic heterocycles. The lowest BCUT2D eigenvalue weighted by Crippen LogP contribution is -2.37. The second-order valence-electron chi connectivity index (χ2n) is 6.19. The lowest BCUT2D eigenvalue weighted by atomic mass is 9.82. The van der Waals surface area contributed by atoms with Crippen LogP contribution in [-0.4, -0.2) is 17.4 Å². The molecule has 4 heteroatoms. The van der Waals surface area contributed by atoms with Gasteiger partial charge in [-0.05, 0) is 45.4 Å². The minimum absolute atomic E-state index is 0.156. The number of ketones is 1. The van der Waals surface area contributed by atoms with Crippen LogP contribution in [0.2, 0.25) is 0 Å². The maximum atomic E-state index is 12.5. The molecule has 0 radical (unpaired) electrons. The van der Waals surface area contributed by atoms with Crippen LogP contribution in [0.1, 0.15) is 33.3 Å². The lowest BCUT2D eigenvalue weighted by Gasteiger charge is -2.27. The Bertz CT molecular complexity index is 605. The van der Waals surface area contributed by atoms with Crippen molar-refractivity contribution in [3.05, 3.63) is 48.0 Å². The number of hydrogen-bond acceptors (Lipinski definition) is 4. The van der Waals surface area contributed by atoms with Gasteiger partial charge in [-0.15, -0.1) is 0 Å². The summed E-state index contributed by atoms with van der Waals surface area (Å²) in [5.41, 5.74) is -1.40. The molecule has 0 bridgehead atoms. The van der Waals surface area contributed by atoms with E-state index in [0.717, 1.165) is 5.56 Å². The average Bonchev–Trinajstić information content (AvgIpc) is 2.42. The van der Waals surface area contributed by atoms with E-state index in [9.17, 15) is 14.9 Å². The molecule has 22 heavy (non-hydrogen) atoms. The molecule has 0 aliphatic rings. The first-order chi connectivity index (χ1) is 10.2. The highest BCUT2D eigenvalue weighted by molar-refractivity contribution is 5.90. The van der Waals surface area contributed by atoms with Crippen molar-refractivity contribution in [3.8, 4) is 6.07 Å². The minimum Gasteiger partial charge on any atom is -0.459 e. The molecule has 1 atom stereocenters. The topological polar surface area (TPSA) is 67.2 Å². The Balaban J connectivity index is 3.21. The quantitative estimate of drug-likeness (QED) is 0.618. The van der Waals surface area contributed by atoms with E-state index >= 15 is 0 Å². The van der Waals surface area contributed by atoms with Gasteiger partial charge in [0.25, 0.3) is 0 Å². The normalized spacial score (nSPS) is 14.1. The van der Waals surface area contributed by atoms with Crippen LogP contribution < -0.4 is 0 Å². The van der Waals surface area contributed by atoms with Crippen molar-refractivity contribution in [3.63, 3.8) is 0 Å². The van der Waals surface area contributed by atoms with Gasteiger partial charge in [-0.2, -0.15) is 5.26 Å². The van der Waals surface area contributed by atoms with Crippen molar-refractivity contribution in [2.24, 2.45) is 5.41 Å². The molecule has 0 N–H and O–H groups in total. The van der Waals surface area contributed by atoms with E-state index in [2.05, 4.69) is 0 Å². The Hall–Kier alpha value is -2.41. The van der Waals surface area contributed by atoms with Gasteiger partial charge in [0.2, 0.25) is 0 Å². The summed E-state index contributed by atoms with van der Waals surface area (Å²) in [5.74, 6) is -0.875. The monoisotopic (exact) mass is 299 g/mol. The predicted octanol–water partition coefficient (Wildman–Crippen LogP) is 3.23. The van der Waals surface area contributed by atoms with Crippen molar-refractivity contribution >= 4 is 11.8 Å². The number of carbonyl (C=O) groups is 2. The maximum Gasteiger partial charge on any atom is 0.331 e. The van der Waals surface area contributed by atoms with Gasteiger partial charge in [-0.3, -0.25) is 4.79 Å². The molecule has 1 aromatic rings. The van der Waals surface area contributed by atoms with Crippen LogP contribution in [0.15, 0.2) is 42.5 Å². The number of hydrogen-bond donors (Lipinski definition) is 0. The first-order valence-corrected chi connectivity index (χ1v) is 7.07. The molecule has 0 saturated heterocycles. The van der Waals surface area contributed by atoms with Crippen molar-refractivity contribution in [1.29, 1.82) is 5.26 Å². The summed E-state index contributed by atoms with van der Waals surface area (Å²) >= 11 is 0. The van der Waals surface area contributed by atoms with Gasteiger partial charge in [0.1, 0.15) is 5.60 Å². The van der Waals surface area contributed by atoms with Gasteiger partial charge in [0.15, 0.2) is 11.2 Å². The second kappa shape index (κ2) is 7.04. The highest BCUT2D eigenvalue weighted by atomic mass is 16.6. The summed E-state index contributed by atoms with van der Waals surface area (Å²) in [5, 5.41) is 9.60. The number of benzene rings is 1. The van der Waals surface area contributed by atoms with Gasteiger partial charge < -0.3 is 4.74 Å². The third-order valence-electron chi connectivity index (χ3n) is 2.89. The second-order valence-corrected chi connectivity index (χ2v) is 6.19. The molecule has 0 unspecified atom stereocenters. The molecule has 0 aliphatic heterocycles. The summed E-state index contributed by atoms with van der Waals surface area (Å²) in [6, 6.07) is 11.2. The number of ether oxygens (including phenoxy) is 1. The summed E-state index contributed by atoms with van der Waals surface area (Å²) < 4.78 is 5.37. The molecule has 0 aliphatic carbocycles. The van der Waals surface area contributed by atoms with Crippen LogP contribution in [-0.2, 0) is 20.7 Å². The Labute approximate surface area is 131 Å². The molecule has 1 rings (SSSR count). The summed E-state index contributed by atoms with van der Waals surface area (Å²) in [4.78, 5) is 23.7. The maximum absolute atomic E-state index is 12.5. The first-order valence-electron chi connectivity index (χ1n) is 7.07. The number of nitrogens with zero attached hydrogens (tertiary/aromatic N) is 1. The number of esters is 1. The van der Waals surface area contributed by atoms with Crippen molar-refractivity contribution in [1.82, 2.24) is 0 Å². The fourth-order valence-electron chi connectivity index (χ4n) is 1.87. The van der Waals surface area contributed by atoms with Crippen LogP contribution in [0, 0.1) is 16.7 Å². The number of allylic oxidation sites excluding steroid dienone is 1. The molecule has 0 saturated carbocycles. The average molecular weight is 299 g/mol. The smallest absolute Gasteiger partial charge is 0.331 e. The summed E-state index contributed by atoms with van der Waals surface area (Å²) in [6.45, 7) is 6.59. The van der Waals surface area contributed by atoms with Crippen LogP contribution >= 0.6 is 0 Å². The molecule has 0 spiro atoms. The molecule has 116 valence electrons. The highest BCUT2D eigenvalue weighted by Gasteiger charge is 2.40. The van der Waals surface area contributed by atoms with Crippen molar-refractivity contribution in [2.45, 2.75) is 39.7 Å². The fraction of sp³-hybridized carbons (Fsp3) is 0.389. The number of nitriles is 1. The lowest BCUT2D eigenvalue weighted by molar-refractivity contribution is -0.161. The largest absolute Gasteiger partial charge is 0.459 e. The molecule has 1 aromatic carbocycles. The highest BCUT2D eigenvalue weighted by Crippen LogP contribution is 2.28. The summed E-state index contributed by atoms with van der Waals surface area (Å²) in [7, 11) is 0. The Morgan fingerprint density at radius 1 is 1.23 bits per heavy atom. The molecule has 4 nitrogen and oxygen atoms in total. The molecule has 0 amide bonds. The molecule has 0 heterocycles. The van der Waals surface area contributed by atoms with Crippen LogP contribution in [0.4, 0.5) is 0 Å². The zero-order chi connectivity index (χ0) is 16.8. The SMILES string of the molecule is CC(=O)/C=C\[C@@](C#N)(Cc1ccccc1)C(=O)OC(C)(C)C. The van der Waals surface area contributed by atoms with Gasteiger partial charge >= 0.3 is 5.97 Å². The Morgan fingerprint density at radius 2 is 1.82 bits per heavy atom. The van der Waals surface area contributed by atoms with Gasteiger partial charge in [0.05, 0.1) is 6.07 Å². The van der Waals surface area contributed by atoms with Gasteiger partial charge in [0, 0.05) is 6.42 Å². The standard InChI is InChI=1S/C18H21NO3/c1-14(20)10-11-18(13-19,16(21)22-17(2,3)4)12-15-8-6-5-7-9-15/h5-11H,12H2,1-4H3/b11-10-/t18-/m0/s1. The Morgan fingerprint density at radius 3 is 2.27 bits per heavy atom. The van der Waals surface area contributed by atoms with Crippen molar-refractivity contribution in [2.75, 3.05) is 0 Å². The van der Waals surface area contributed by atoms with Crippen LogP contribution in [0.25, 0.3) is 0 Å². The molecular formula is C18H21NO3. The first kappa shape index (κ1) is 17.6. The number of rotatable bonds is 5. The van der Waals surface area contributed by atoms with Crippen molar-refractivity contribution < 1.29 is 14.3 Å². The van der Waals surface area contributed by atoms with Gasteiger partial charge in [-0.25, -0.2) is 4.79 Å². The van der Waals surface area contributed by atoms with E-state index in [4.69, 9.17) is 4.74 Å². The van der Waals surface area contributed by atoms with E-state index in [-0.39, 0.29) is 12.2 Å². The van der Waals surface area contributed by atoms with E-state index in [1.54, 1.807) is 20.8 Å². The van der Waals surface area contributed by atoms with E-state index in [1.807, 2.05) is 36.4 Å². The molecular weight excluding hydrogens is 278 g/mol. The Kier molecular flexibility index (Phi) is 5.64.